The molecule has 33 heavy (non-hydrogen) atoms. The topological polar surface area (TPSA) is 74.4 Å². The molecule has 3 heterocycles. The fourth-order valence-electron chi connectivity index (χ4n) is 4.77. The average molecular weight is 469 g/mol. The van der Waals surface area contributed by atoms with Gasteiger partial charge in [-0.3, -0.25) is 4.90 Å². The second kappa shape index (κ2) is 10.5. The number of likely N-dealkylation sites (tertiary alicyclic amines) is 1. The zero-order chi connectivity index (χ0) is 23.5. The molecule has 4 rings (SSSR count). The summed E-state index contributed by atoms with van der Waals surface area (Å²) < 4.78 is 5.60. The van der Waals surface area contributed by atoms with Gasteiger partial charge in [-0.25, -0.2) is 4.98 Å². The summed E-state index contributed by atoms with van der Waals surface area (Å²) in [5, 5.41) is 18.2. The monoisotopic (exact) mass is 468 g/mol. The van der Waals surface area contributed by atoms with Crippen LogP contribution in [0.5, 0.6) is 0 Å². The number of rotatable bonds is 9. The number of nitrogens with zero attached hydrogens (tertiary/aromatic N) is 3. The molecule has 0 spiro atoms. The van der Waals surface area contributed by atoms with Crippen LogP contribution >= 0.6 is 11.3 Å². The number of aliphatic hydroxyl groups excluding tert-OH is 1. The largest absolute Gasteiger partial charge is 0.392 e. The molecular formula is C26H36N4O2S. The molecule has 2 aromatic heterocycles. The van der Waals surface area contributed by atoms with Crippen LogP contribution in [0.15, 0.2) is 40.4 Å². The van der Waals surface area contributed by atoms with Crippen molar-refractivity contribution in [3.8, 4) is 10.4 Å². The Hall–Kier alpha value is -2.06. The van der Waals surface area contributed by atoms with E-state index < -0.39 is 0 Å². The highest BCUT2D eigenvalue weighted by Crippen LogP contribution is 2.30. The molecule has 178 valence electrons. The van der Waals surface area contributed by atoms with E-state index in [4.69, 9.17) is 4.52 Å². The van der Waals surface area contributed by atoms with Crippen LogP contribution in [0.4, 0.5) is 0 Å². The number of thiazole rings is 1. The quantitative estimate of drug-likeness (QED) is 0.463. The molecule has 3 aromatic rings. The van der Waals surface area contributed by atoms with Crippen LogP contribution in [-0.2, 0) is 0 Å². The van der Waals surface area contributed by atoms with Crippen molar-refractivity contribution >= 4 is 11.3 Å². The molecule has 0 aliphatic carbocycles. The van der Waals surface area contributed by atoms with Crippen LogP contribution in [0.2, 0.25) is 0 Å². The maximum absolute atomic E-state index is 10.4. The summed E-state index contributed by atoms with van der Waals surface area (Å²) in [6, 6.07) is 11.4. The van der Waals surface area contributed by atoms with Crippen molar-refractivity contribution in [3.63, 3.8) is 0 Å². The van der Waals surface area contributed by atoms with Gasteiger partial charge in [-0.1, -0.05) is 43.3 Å². The molecule has 1 fully saturated rings. The summed E-state index contributed by atoms with van der Waals surface area (Å²) in [5.74, 6) is 1.64. The van der Waals surface area contributed by atoms with E-state index in [0.717, 1.165) is 36.7 Å². The maximum atomic E-state index is 10.4. The van der Waals surface area contributed by atoms with Gasteiger partial charge in [-0.05, 0) is 44.2 Å². The van der Waals surface area contributed by atoms with Crippen molar-refractivity contribution in [1.29, 1.82) is 0 Å². The third kappa shape index (κ3) is 5.72. The standard InChI is InChI=1S/C26H36N4O2S/c1-16(2)24(25-10-17(3)29-32-25)14-30-13-23(31)11-22(30)12-27-18(4)20-6-8-21(9-7-20)26-19(5)28-15-33-26/h6-10,15-16,18,22-24,27,31H,11-14H2,1-5H3/t18-,22-,23+,24+/m0/s1. The van der Waals surface area contributed by atoms with E-state index >= 15 is 0 Å². The van der Waals surface area contributed by atoms with Gasteiger partial charge in [-0.15, -0.1) is 11.3 Å². The van der Waals surface area contributed by atoms with Crippen molar-refractivity contribution in [1.82, 2.24) is 20.4 Å². The first-order valence-electron chi connectivity index (χ1n) is 11.9. The lowest BCUT2D eigenvalue weighted by Crippen LogP contribution is -2.41. The fraction of sp³-hybridized carbons (Fsp3) is 0.538. The molecular weight excluding hydrogens is 432 g/mol. The lowest BCUT2D eigenvalue weighted by molar-refractivity contribution is 0.161. The first-order chi connectivity index (χ1) is 15.8. The minimum absolute atomic E-state index is 0.235. The summed E-state index contributed by atoms with van der Waals surface area (Å²) in [4.78, 5) is 8.02. The Balaban J connectivity index is 1.37. The summed E-state index contributed by atoms with van der Waals surface area (Å²) >= 11 is 1.68. The van der Waals surface area contributed by atoms with E-state index in [2.05, 4.69) is 72.3 Å². The zero-order valence-electron chi connectivity index (χ0n) is 20.3. The van der Waals surface area contributed by atoms with Gasteiger partial charge in [0.2, 0.25) is 0 Å². The highest BCUT2D eigenvalue weighted by molar-refractivity contribution is 7.13. The fourth-order valence-corrected chi connectivity index (χ4v) is 5.58. The Morgan fingerprint density at radius 1 is 1.21 bits per heavy atom. The van der Waals surface area contributed by atoms with Crippen molar-refractivity contribution in [2.45, 2.75) is 65.1 Å². The van der Waals surface area contributed by atoms with Crippen molar-refractivity contribution in [3.05, 3.63) is 58.6 Å². The molecule has 1 aliphatic heterocycles. The molecule has 1 aromatic carbocycles. The predicted octanol–water partition coefficient (Wildman–Crippen LogP) is 4.94. The van der Waals surface area contributed by atoms with E-state index in [1.807, 2.05) is 18.5 Å². The number of aryl methyl sites for hydroxylation is 2. The van der Waals surface area contributed by atoms with E-state index in [-0.39, 0.29) is 18.1 Å². The highest BCUT2D eigenvalue weighted by Gasteiger charge is 2.34. The Kier molecular flexibility index (Phi) is 7.64. The Labute approximate surface area is 201 Å². The smallest absolute Gasteiger partial charge is 0.141 e. The van der Waals surface area contributed by atoms with Gasteiger partial charge in [0, 0.05) is 43.7 Å². The number of β-amino-alcohol motifs (C(OH)–C–C–N with tert-alkyl or cyclic N) is 1. The van der Waals surface area contributed by atoms with Crippen LogP contribution in [-0.4, -0.2) is 51.9 Å². The van der Waals surface area contributed by atoms with Gasteiger partial charge in [0.15, 0.2) is 0 Å². The Morgan fingerprint density at radius 2 is 1.97 bits per heavy atom. The first-order valence-corrected chi connectivity index (χ1v) is 12.8. The normalized spacial score (nSPS) is 21.1. The Morgan fingerprint density at radius 3 is 2.58 bits per heavy atom. The van der Waals surface area contributed by atoms with Crippen LogP contribution in [0, 0.1) is 19.8 Å². The van der Waals surface area contributed by atoms with Gasteiger partial charge in [0.25, 0.3) is 0 Å². The molecule has 6 nitrogen and oxygen atoms in total. The van der Waals surface area contributed by atoms with Gasteiger partial charge >= 0.3 is 0 Å². The Bertz CT molecular complexity index is 1030. The molecule has 0 radical (unpaired) electrons. The third-order valence-electron chi connectivity index (χ3n) is 6.83. The van der Waals surface area contributed by atoms with Gasteiger partial charge in [-0.2, -0.15) is 0 Å². The van der Waals surface area contributed by atoms with E-state index in [1.165, 1.54) is 16.0 Å². The van der Waals surface area contributed by atoms with Crippen LogP contribution in [0.3, 0.4) is 0 Å². The first kappa shape index (κ1) is 24.1. The lowest BCUT2D eigenvalue weighted by Gasteiger charge is -2.30. The van der Waals surface area contributed by atoms with Crippen molar-refractivity contribution < 1.29 is 9.63 Å². The third-order valence-corrected chi connectivity index (χ3v) is 7.81. The minimum Gasteiger partial charge on any atom is -0.392 e. The molecule has 0 amide bonds. The van der Waals surface area contributed by atoms with Gasteiger partial charge in [0.05, 0.1) is 27.9 Å². The molecule has 0 unspecified atom stereocenters. The van der Waals surface area contributed by atoms with Crippen molar-refractivity contribution in [2.24, 2.45) is 5.92 Å². The maximum Gasteiger partial charge on any atom is 0.141 e. The number of aromatic nitrogens is 2. The van der Waals surface area contributed by atoms with Crippen LogP contribution in [0.25, 0.3) is 10.4 Å². The number of nitrogens with one attached hydrogen (secondary N) is 1. The van der Waals surface area contributed by atoms with E-state index in [1.54, 1.807) is 11.3 Å². The number of aliphatic hydroxyl groups is 1. The minimum atomic E-state index is -0.279. The summed E-state index contributed by atoms with van der Waals surface area (Å²) in [6.07, 6.45) is 0.516. The molecule has 1 aliphatic rings. The molecule has 0 saturated carbocycles. The molecule has 4 atom stereocenters. The average Bonchev–Trinajstić information content (AvgIpc) is 3.50. The zero-order valence-corrected chi connectivity index (χ0v) is 21.1. The van der Waals surface area contributed by atoms with E-state index in [9.17, 15) is 5.11 Å². The second-order valence-corrected chi connectivity index (χ2v) is 10.6. The lowest BCUT2D eigenvalue weighted by atomic mass is 9.92. The SMILES string of the molecule is Cc1cc([C@H](CN2C[C@H](O)C[C@H]2CN[C@@H](C)c2ccc(-c3scnc3C)cc2)C(C)C)on1. The highest BCUT2D eigenvalue weighted by atomic mass is 32.1. The van der Waals surface area contributed by atoms with Gasteiger partial charge in [0.1, 0.15) is 5.76 Å². The van der Waals surface area contributed by atoms with Crippen LogP contribution < -0.4 is 5.32 Å². The number of hydrogen-bond acceptors (Lipinski definition) is 7. The molecule has 2 N–H and O–H groups in total. The predicted molar refractivity (Wildman–Crippen MR) is 134 cm³/mol. The summed E-state index contributed by atoms with van der Waals surface area (Å²) in [5.41, 5.74) is 6.39. The van der Waals surface area contributed by atoms with Crippen molar-refractivity contribution in [2.75, 3.05) is 19.6 Å². The van der Waals surface area contributed by atoms with Gasteiger partial charge < -0.3 is 14.9 Å². The molecule has 1 saturated heterocycles. The summed E-state index contributed by atoms with van der Waals surface area (Å²) in [7, 11) is 0. The number of hydrogen-bond donors (Lipinski definition) is 2. The summed E-state index contributed by atoms with van der Waals surface area (Å²) in [6.45, 7) is 13.1. The molecule has 7 heteroatoms. The number of benzene rings is 1. The second-order valence-electron chi connectivity index (χ2n) is 9.74. The molecule has 0 bridgehead atoms. The van der Waals surface area contributed by atoms with Crippen LogP contribution in [0.1, 0.15) is 61.9 Å². The van der Waals surface area contributed by atoms with E-state index in [0.29, 0.717) is 18.5 Å².